The van der Waals surface area contributed by atoms with Crippen molar-refractivity contribution in [1.82, 2.24) is 9.61 Å². The third-order valence-corrected chi connectivity index (χ3v) is 2.37. The van der Waals surface area contributed by atoms with Gasteiger partial charge in [-0.1, -0.05) is 0 Å². The van der Waals surface area contributed by atoms with Crippen molar-refractivity contribution in [2.75, 3.05) is 13.3 Å². The van der Waals surface area contributed by atoms with Gasteiger partial charge < -0.3 is 9.84 Å². The van der Waals surface area contributed by atoms with E-state index in [-0.39, 0.29) is 11.3 Å². The van der Waals surface area contributed by atoms with Gasteiger partial charge in [-0.3, -0.25) is 0 Å². The number of carboxylic acid groups (broad SMARTS) is 1. The molecule has 0 radical (unpaired) electrons. The standard InChI is InChI=1S/C11H10F2N2O3/c12-3-8(4-13)18-7-1-2-10-9(11(16)17)5-14-15(10)6-7/h1-2,5-6,8H,3-4H2,(H,16,17). The Morgan fingerprint density at radius 3 is 2.78 bits per heavy atom. The Bertz CT molecular complexity index is 566. The Hall–Kier alpha value is -2.18. The quantitative estimate of drug-likeness (QED) is 0.884. The topological polar surface area (TPSA) is 63.8 Å². The van der Waals surface area contributed by atoms with Crippen molar-refractivity contribution in [3.05, 3.63) is 30.1 Å². The SMILES string of the molecule is O=C(O)c1cnn2cc(OC(CF)CF)ccc12. The maximum Gasteiger partial charge on any atom is 0.339 e. The first-order chi connectivity index (χ1) is 8.65. The molecular formula is C11H10F2N2O3. The van der Waals surface area contributed by atoms with Crippen LogP contribution in [0.5, 0.6) is 5.75 Å². The van der Waals surface area contributed by atoms with E-state index in [0.717, 1.165) is 0 Å². The largest absolute Gasteiger partial charge is 0.483 e. The van der Waals surface area contributed by atoms with Crippen molar-refractivity contribution in [2.24, 2.45) is 0 Å². The Labute approximate surface area is 101 Å². The molecule has 0 fully saturated rings. The number of aromatic nitrogens is 2. The maximum atomic E-state index is 12.3. The zero-order valence-corrected chi connectivity index (χ0v) is 9.22. The van der Waals surface area contributed by atoms with Crippen LogP contribution in [0.25, 0.3) is 5.52 Å². The van der Waals surface area contributed by atoms with Gasteiger partial charge in [-0.2, -0.15) is 5.10 Å². The fraction of sp³-hybridized carbons (Fsp3) is 0.273. The van der Waals surface area contributed by atoms with Crippen LogP contribution in [-0.4, -0.2) is 40.1 Å². The lowest BCUT2D eigenvalue weighted by Gasteiger charge is -2.12. The highest BCUT2D eigenvalue weighted by Crippen LogP contribution is 2.17. The first kappa shape index (κ1) is 12.3. The van der Waals surface area contributed by atoms with Gasteiger partial charge in [0.25, 0.3) is 0 Å². The van der Waals surface area contributed by atoms with Crippen LogP contribution in [0.3, 0.4) is 0 Å². The summed E-state index contributed by atoms with van der Waals surface area (Å²) in [5.74, 6) is -0.869. The second kappa shape index (κ2) is 4.99. The van der Waals surface area contributed by atoms with Crippen molar-refractivity contribution in [3.63, 3.8) is 0 Å². The molecule has 1 N–H and O–H groups in total. The van der Waals surface area contributed by atoms with Gasteiger partial charge in [-0.15, -0.1) is 0 Å². The number of hydrogen-bond acceptors (Lipinski definition) is 3. The Morgan fingerprint density at radius 1 is 1.44 bits per heavy atom. The van der Waals surface area contributed by atoms with Crippen LogP contribution in [0.1, 0.15) is 10.4 Å². The highest BCUT2D eigenvalue weighted by Gasteiger charge is 2.13. The third-order valence-electron chi connectivity index (χ3n) is 2.37. The molecule has 5 nitrogen and oxygen atoms in total. The maximum absolute atomic E-state index is 12.3. The third kappa shape index (κ3) is 2.24. The number of carbonyl (C=O) groups is 1. The van der Waals surface area contributed by atoms with E-state index in [9.17, 15) is 13.6 Å². The predicted molar refractivity (Wildman–Crippen MR) is 58.5 cm³/mol. The van der Waals surface area contributed by atoms with Gasteiger partial charge in [-0.25, -0.2) is 18.1 Å². The molecule has 2 aromatic rings. The number of hydrogen-bond donors (Lipinski definition) is 1. The van der Waals surface area contributed by atoms with E-state index >= 15 is 0 Å². The molecule has 0 atom stereocenters. The monoisotopic (exact) mass is 256 g/mol. The molecule has 18 heavy (non-hydrogen) atoms. The molecule has 2 heterocycles. The zero-order chi connectivity index (χ0) is 13.1. The first-order valence-electron chi connectivity index (χ1n) is 5.15. The molecule has 0 bridgehead atoms. The minimum atomic E-state index is -1.16. The second-order valence-corrected chi connectivity index (χ2v) is 3.61. The minimum Gasteiger partial charge on any atom is -0.483 e. The van der Waals surface area contributed by atoms with Gasteiger partial charge in [0.1, 0.15) is 24.7 Å². The highest BCUT2D eigenvalue weighted by molar-refractivity contribution is 5.95. The molecule has 2 aromatic heterocycles. The molecule has 0 aliphatic carbocycles. The van der Waals surface area contributed by atoms with Crippen LogP contribution < -0.4 is 4.74 Å². The zero-order valence-electron chi connectivity index (χ0n) is 9.22. The van der Waals surface area contributed by atoms with Crippen molar-refractivity contribution in [3.8, 4) is 5.75 Å². The summed E-state index contributed by atoms with van der Waals surface area (Å²) in [7, 11) is 0. The number of ether oxygens (including phenoxy) is 1. The Balaban J connectivity index is 2.31. The molecule has 0 aliphatic heterocycles. The van der Waals surface area contributed by atoms with Gasteiger partial charge in [0.05, 0.1) is 17.9 Å². The van der Waals surface area contributed by atoms with E-state index < -0.39 is 25.4 Å². The van der Waals surface area contributed by atoms with Crippen molar-refractivity contribution >= 4 is 11.5 Å². The van der Waals surface area contributed by atoms with E-state index in [1.807, 2.05) is 0 Å². The lowest BCUT2D eigenvalue weighted by Crippen LogP contribution is -2.21. The normalized spacial score (nSPS) is 11.1. The molecule has 2 rings (SSSR count). The van der Waals surface area contributed by atoms with Crippen LogP contribution in [0.2, 0.25) is 0 Å². The number of fused-ring (bicyclic) bond motifs is 1. The van der Waals surface area contributed by atoms with Crippen LogP contribution in [0.4, 0.5) is 8.78 Å². The molecular weight excluding hydrogens is 246 g/mol. The molecule has 0 spiro atoms. The smallest absolute Gasteiger partial charge is 0.339 e. The van der Waals surface area contributed by atoms with Gasteiger partial charge in [0.2, 0.25) is 0 Å². The second-order valence-electron chi connectivity index (χ2n) is 3.61. The number of rotatable bonds is 5. The van der Waals surface area contributed by atoms with Crippen LogP contribution in [-0.2, 0) is 0 Å². The van der Waals surface area contributed by atoms with Crippen molar-refractivity contribution in [1.29, 1.82) is 0 Å². The fourth-order valence-corrected chi connectivity index (χ4v) is 1.50. The number of pyridine rings is 1. The lowest BCUT2D eigenvalue weighted by molar-refractivity contribution is 0.0699. The van der Waals surface area contributed by atoms with E-state index in [2.05, 4.69) is 5.10 Å². The van der Waals surface area contributed by atoms with Crippen LogP contribution in [0, 0.1) is 0 Å². The predicted octanol–water partition coefficient (Wildman–Crippen LogP) is 1.72. The first-order valence-corrected chi connectivity index (χ1v) is 5.15. The number of halogens is 2. The average Bonchev–Trinajstić information content (AvgIpc) is 2.78. The summed E-state index contributed by atoms with van der Waals surface area (Å²) in [5.41, 5.74) is 0.431. The van der Waals surface area contributed by atoms with Gasteiger partial charge in [0.15, 0.2) is 6.10 Å². The van der Waals surface area contributed by atoms with E-state index in [1.165, 1.54) is 29.0 Å². The van der Waals surface area contributed by atoms with E-state index in [1.54, 1.807) is 0 Å². The summed E-state index contributed by atoms with van der Waals surface area (Å²) in [5, 5.41) is 12.7. The molecule has 0 saturated carbocycles. The minimum absolute atomic E-state index is 0.0501. The molecule has 0 amide bonds. The summed E-state index contributed by atoms with van der Waals surface area (Å²) < 4.78 is 30.9. The van der Waals surface area contributed by atoms with Gasteiger partial charge >= 0.3 is 5.97 Å². The summed E-state index contributed by atoms with van der Waals surface area (Å²) in [6.07, 6.45) is 1.42. The van der Waals surface area contributed by atoms with Gasteiger partial charge in [0, 0.05) is 0 Å². The summed E-state index contributed by atoms with van der Waals surface area (Å²) in [6, 6.07) is 2.92. The molecule has 96 valence electrons. The number of aromatic carboxylic acids is 1. The average molecular weight is 256 g/mol. The van der Waals surface area contributed by atoms with E-state index in [0.29, 0.717) is 5.52 Å². The molecule has 0 aliphatic rings. The van der Waals surface area contributed by atoms with Crippen molar-refractivity contribution < 1.29 is 23.4 Å². The van der Waals surface area contributed by atoms with Crippen LogP contribution >= 0.6 is 0 Å². The molecule has 0 unspecified atom stereocenters. The van der Waals surface area contributed by atoms with Crippen molar-refractivity contribution in [2.45, 2.75) is 6.10 Å². The molecule has 0 saturated heterocycles. The summed E-state index contributed by atoms with van der Waals surface area (Å²) in [4.78, 5) is 10.8. The van der Waals surface area contributed by atoms with Crippen LogP contribution in [0.15, 0.2) is 24.5 Å². The Morgan fingerprint density at radius 2 is 2.17 bits per heavy atom. The number of nitrogens with zero attached hydrogens (tertiary/aromatic N) is 2. The Kier molecular flexibility index (Phi) is 3.40. The molecule has 7 heteroatoms. The number of alkyl halides is 2. The van der Waals surface area contributed by atoms with Gasteiger partial charge in [-0.05, 0) is 12.1 Å². The van der Waals surface area contributed by atoms with E-state index in [4.69, 9.17) is 9.84 Å². The fourth-order valence-electron chi connectivity index (χ4n) is 1.50. The summed E-state index contributed by atoms with van der Waals surface area (Å²) >= 11 is 0. The molecule has 0 aromatic carbocycles. The lowest BCUT2D eigenvalue weighted by atomic mass is 10.2. The summed E-state index contributed by atoms with van der Waals surface area (Å²) in [6.45, 7) is -1.87. The highest BCUT2D eigenvalue weighted by atomic mass is 19.1. The number of carboxylic acids is 1.